The smallest absolute Gasteiger partial charge is 0.187 e. The molecule has 0 N–H and O–H groups in total. The zero-order chi connectivity index (χ0) is 23.7. The summed E-state index contributed by atoms with van der Waals surface area (Å²) in [6.45, 7) is 2.37. The summed E-state index contributed by atoms with van der Waals surface area (Å²) >= 11 is 0. The van der Waals surface area contributed by atoms with Crippen molar-refractivity contribution < 1.29 is 4.58 Å². The predicted octanol–water partition coefficient (Wildman–Crippen LogP) is 5.81. The molecule has 0 saturated carbocycles. The van der Waals surface area contributed by atoms with Gasteiger partial charge in [-0.25, -0.2) is 4.58 Å². The van der Waals surface area contributed by atoms with Crippen molar-refractivity contribution in [3.63, 3.8) is 0 Å². The molecular weight excluding hydrogens is 414 g/mol. The number of anilines is 2. The van der Waals surface area contributed by atoms with Crippen molar-refractivity contribution in [2.75, 3.05) is 51.1 Å². The van der Waals surface area contributed by atoms with Crippen molar-refractivity contribution in [2.45, 2.75) is 31.6 Å². The van der Waals surface area contributed by atoms with Gasteiger partial charge in [0, 0.05) is 63.9 Å². The molecule has 3 heteroatoms. The van der Waals surface area contributed by atoms with Crippen LogP contribution in [0.15, 0.2) is 72.8 Å². The van der Waals surface area contributed by atoms with Crippen molar-refractivity contribution in [3.05, 3.63) is 95.1 Å². The Labute approximate surface area is 205 Å². The molecule has 2 aliphatic rings. The zero-order valence-corrected chi connectivity index (χ0v) is 21.2. The van der Waals surface area contributed by atoms with Crippen molar-refractivity contribution in [1.82, 2.24) is 0 Å². The molecule has 34 heavy (non-hydrogen) atoms. The number of benzene rings is 3. The summed E-state index contributed by atoms with van der Waals surface area (Å²) in [5.74, 6) is 0.819. The van der Waals surface area contributed by atoms with E-state index in [0.29, 0.717) is 11.8 Å². The van der Waals surface area contributed by atoms with E-state index in [2.05, 4.69) is 115 Å². The normalized spacial score (nSPS) is 17.7. The third kappa shape index (κ3) is 4.36. The van der Waals surface area contributed by atoms with Crippen LogP contribution >= 0.6 is 0 Å². The Hall–Kier alpha value is -3.07. The van der Waals surface area contributed by atoms with Gasteiger partial charge < -0.3 is 9.80 Å². The lowest BCUT2D eigenvalue weighted by Crippen LogP contribution is -2.36. The van der Waals surface area contributed by atoms with E-state index in [1.165, 1.54) is 66.0 Å². The average molecular weight is 453 g/mol. The Kier molecular flexibility index (Phi) is 6.45. The summed E-state index contributed by atoms with van der Waals surface area (Å²) < 4.78 is 2.71. The summed E-state index contributed by atoms with van der Waals surface area (Å²) in [5, 5.41) is 0. The lowest BCUT2D eigenvalue weighted by molar-refractivity contribution is -0.508. The molecule has 1 saturated heterocycles. The first kappa shape index (κ1) is 22.7. The number of hydrogen-bond donors (Lipinski definition) is 0. The Morgan fingerprint density at radius 3 is 1.76 bits per heavy atom. The minimum absolute atomic E-state index is 0.344. The molecule has 0 bridgehead atoms. The molecule has 1 aliphatic carbocycles. The predicted molar refractivity (Wildman–Crippen MR) is 145 cm³/mol. The van der Waals surface area contributed by atoms with Crippen molar-refractivity contribution in [2.24, 2.45) is 5.92 Å². The molecule has 1 heterocycles. The van der Waals surface area contributed by atoms with E-state index in [1.807, 2.05) is 0 Å². The van der Waals surface area contributed by atoms with Gasteiger partial charge in [0.2, 0.25) is 0 Å². The van der Waals surface area contributed by atoms with E-state index in [0.717, 1.165) is 6.42 Å². The van der Waals surface area contributed by atoms with Crippen LogP contribution in [-0.2, 0) is 6.42 Å². The van der Waals surface area contributed by atoms with Gasteiger partial charge in [0.05, 0.1) is 5.92 Å². The minimum Gasteiger partial charge on any atom is -0.378 e. The highest BCUT2D eigenvalue weighted by Gasteiger charge is 2.39. The molecule has 1 fully saturated rings. The van der Waals surface area contributed by atoms with Crippen LogP contribution in [0.5, 0.6) is 0 Å². The van der Waals surface area contributed by atoms with E-state index in [4.69, 9.17) is 0 Å². The van der Waals surface area contributed by atoms with Crippen LogP contribution in [0.4, 0.5) is 11.4 Å². The number of rotatable bonds is 5. The first-order chi connectivity index (χ1) is 16.5. The topological polar surface area (TPSA) is 9.49 Å². The molecule has 0 spiro atoms. The van der Waals surface area contributed by atoms with E-state index >= 15 is 0 Å². The summed E-state index contributed by atoms with van der Waals surface area (Å²) in [4.78, 5) is 4.37. The van der Waals surface area contributed by atoms with Gasteiger partial charge in [-0.05, 0) is 59.9 Å². The highest BCUT2D eigenvalue weighted by atomic mass is 15.1. The summed E-state index contributed by atoms with van der Waals surface area (Å²) in [5.41, 5.74) is 9.93. The molecule has 1 aliphatic heterocycles. The van der Waals surface area contributed by atoms with Gasteiger partial charge in [0.25, 0.3) is 0 Å². The van der Waals surface area contributed by atoms with Crippen molar-refractivity contribution in [3.8, 4) is 0 Å². The lowest BCUT2D eigenvalue weighted by atomic mass is 9.70. The van der Waals surface area contributed by atoms with E-state index in [9.17, 15) is 0 Å². The molecule has 1 atom stereocenters. The highest BCUT2D eigenvalue weighted by molar-refractivity contribution is 6.01. The van der Waals surface area contributed by atoms with Crippen LogP contribution < -0.4 is 9.80 Å². The van der Waals surface area contributed by atoms with Gasteiger partial charge in [-0.2, -0.15) is 0 Å². The fourth-order valence-electron chi connectivity index (χ4n) is 5.94. The van der Waals surface area contributed by atoms with Crippen LogP contribution in [0.1, 0.15) is 47.4 Å². The SMILES string of the molecule is CN(C)c1ccc(C(c2ccc(N(C)C)cc2)[C@H]2CCc3ccccc3C2=[N+]2CCCC2)cc1. The van der Waals surface area contributed by atoms with Gasteiger partial charge in [-0.15, -0.1) is 0 Å². The molecule has 3 nitrogen and oxygen atoms in total. The molecule has 3 aromatic carbocycles. The fraction of sp³-hybridized carbons (Fsp3) is 0.387. The summed E-state index contributed by atoms with van der Waals surface area (Å²) in [7, 11) is 8.46. The second-order valence-electron chi connectivity index (χ2n) is 10.3. The number of nitrogens with zero attached hydrogens (tertiary/aromatic N) is 3. The molecule has 5 rings (SSSR count). The van der Waals surface area contributed by atoms with Crippen molar-refractivity contribution >= 4 is 17.1 Å². The largest absolute Gasteiger partial charge is 0.378 e. The van der Waals surface area contributed by atoms with Gasteiger partial charge in [0.15, 0.2) is 5.71 Å². The van der Waals surface area contributed by atoms with Gasteiger partial charge in [-0.3, -0.25) is 0 Å². The van der Waals surface area contributed by atoms with Crippen molar-refractivity contribution in [1.29, 1.82) is 0 Å². The number of fused-ring (bicyclic) bond motifs is 1. The monoisotopic (exact) mass is 452 g/mol. The maximum absolute atomic E-state index is 2.71. The van der Waals surface area contributed by atoms with Crippen LogP contribution in [0.25, 0.3) is 0 Å². The first-order valence-corrected chi connectivity index (χ1v) is 12.8. The Morgan fingerprint density at radius 1 is 0.706 bits per heavy atom. The minimum atomic E-state index is 0.344. The third-order valence-corrected chi connectivity index (χ3v) is 7.76. The molecule has 0 radical (unpaired) electrons. The fourth-order valence-corrected chi connectivity index (χ4v) is 5.94. The molecule has 0 amide bonds. The quantitative estimate of drug-likeness (QED) is 0.452. The standard InChI is InChI=1S/C31H38N3/c1-32(2)26-16-11-24(12-17-26)30(25-13-18-27(19-14-25)33(3)4)29-20-15-23-9-5-6-10-28(23)31(29)34-21-7-8-22-34/h5-6,9-14,16-19,29-30H,7-8,15,20-22H2,1-4H3/q+1/t29-/m1/s1. The lowest BCUT2D eigenvalue weighted by Gasteiger charge is -2.32. The van der Waals surface area contributed by atoms with E-state index < -0.39 is 0 Å². The van der Waals surface area contributed by atoms with Gasteiger partial charge in [-0.1, -0.05) is 42.5 Å². The first-order valence-electron chi connectivity index (χ1n) is 12.8. The summed E-state index contributed by atoms with van der Waals surface area (Å²) in [6.07, 6.45) is 4.95. The Balaban J connectivity index is 1.65. The average Bonchev–Trinajstić information content (AvgIpc) is 3.39. The zero-order valence-electron chi connectivity index (χ0n) is 21.2. The number of aryl methyl sites for hydroxylation is 1. The van der Waals surface area contributed by atoms with E-state index in [-0.39, 0.29) is 0 Å². The van der Waals surface area contributed by atoms with E-state index in [1.54, 1.807) is 5.71 Å². The summed E-state index contributed by atoms with van der Waals surface area (Å²) in [6, 6.07) is 27.7. The second-order valence-corrected chi connectivity index (χ2v) is 10.3. The molecule has 0 aromatic heterocycles. The molecular formula is C31H38N3+. The van der Waals surface area contributed by atoms with Gasteiger partial charge >= 0.3 is 0 Å². The molecule has 3 aromatic rings. The molecule has 176 valence electrons. The maximum Gasteiger partial charge on any atom is 0.187 e. The van der Waals surface area contributed by atoms with Gasteiger partial charge in [0.1, 0.15) is 13.1 Å². The second kappa shape index (κ2) is 9.66. The van der Waals surface area contributed by atoms with Crippen LogP contribution in [0.2, 0.25) is 0 Å². The van der Waals surface area contributed by atoms with Crippen LogP contribution in [-0.4, -0.2) is 51.6 Å². The maximum atomic E-state index is 2.71. The Morgan fingerprint density at radius 2 is 1.24 bits per heavy atom. The van der Waals surface area contributed by atoms with Crippen LogP contribution in [0, 0.1) is 5.92 Å². The number of hydrogen-bond acceptors (Lipinski definition) is 2. The van der Waals surface area contributed by atoms with Crippen LogP contribution in [0.3, 0.4) is 0 Å². The molecule has 0 unspecified atom stereocenters. The Bertz CT molecular complexity index is 1100. The highest BCUT2D eigenvalue weighted by Crippen LogP contribution is 2.41. The third-order valence-electron chi connectivity index (χ3n) is 7.76.